The van der Waals surface area contributed by atoms with Gasteiger partial charge in [0.05, 0.1) is 12.1 Å². The Hall–Kier alpha value is -0.820. The maximum Gasteiger partial charge on any atom is 0.0747 e. The largest absolute Gasteiger partial charge is 0.391 e. The summed E-state index contributed by atoms with van der Waals surface area (Å²) in [6.45, 7) is 2.91. The minimum atomic E-state index is -0.378. The van der Waals surface area contributed by atoms with E-state index in [1.54, 1.807) is 0 Å². The van der Waals surface area contributed by atoms with E-state index in [0.717, 1.165) is 29.9 Å². The summed E-state index contributed by atoms with van der Waals surface area (Å²) in [7, 11) is 0. The van der Waals surface area contributed by atoms with Crippen molar-refractivity contribution in [1.82, 2.24) is 5.32 Å². The highest BCUT2D eigenvalue weighted by Crippen LogP contribution is 2.34. The molecule has 0 spiro atoms. The van der Waals surface area contributed by atoms with Crippen LogP contribution in [0.5, 0.6) is 0 Å². The number of aliphatic hydroxyl groups is 1. The van der Waals surface area contributed by atoms with Crippen LogP contribution in [0.15, 0.2) is 36.4 Å². The van der Waals surface area contributed by atoms with Crippen LogP contribution in [0.4, 0.5) is 11.4 Å². The zero-order valence-electron chi connectivity index (χ0n) is 12.2. The van der Waals surface area contributed by atoms with E-state index in [1.807, 2.05) is 18.2 Å². The molecule has 3 nitrogen and oxygen atoms in total. The third-order valence-corrected chi connectivity index (χ3v) is 4.90. The molecule has 2 unspecified atom stereocenters. The smallest absolute Gasteiger partial charge is 0.0747 e. The van der Waals surface area contributed by atoms with Gasteiger partial charge in [-0.1, -0.05) is 11.6 Å². The van der Waals surface area contributed by atoms with Gasteiger partial charge in [-0.3, -0.25) is 0 Å². The first-order valence-corrected chi connectivity index (χ1v) is 8.74. The highest BCUT2D eigenvalue weighted by Gasteiger charge is 2.28. The van der Waals surface area contributed by atoms with E-state index in [9.17, 15) is 5.11 Å². The molecule has 5 heteroatoms. The molecule has 2 atom stereocenters. The van der Waals surface area contributed by atoms with Crippen molar-refractivity contribution in [2.24, 2.45) is 0 Å². The summed E-state index contributed by atoms with van der Waals surface area (Å²) in [5, 5.41) is 17.7. The normalized spacial score (nSPS) is 21.1. The standard InChI is InChI=1S/C17H18ClIN2O/c1-10-8-12(19)3-5-14(10)21-15-4-2-11(18)9-13(15)17-16(22)6-7-20-17/h2-5,8-9,16-17,20-22H,6-7H2,1H3. The predicted molar refractivity (Wildman–Crippen MR) is 100.0 cm³/mol. The quantitative estimate of drug-likeness (QED) is 0.635. The Morgan fingerprint density at radius 2 is 2.00 bits per heavy atom. The molecule has 0 radical (unpaired) electrons. The second-order valence-corrected chi connectivity index (χ2v) is 7.29. The van der Waals surface area contributed by atoms with E-state index < -0.39 is 0 Å². The Morgan fingerprint density at radius 1 is 1.23 bits per heavy atom. The zero-order valence-corrected chi connectivity index (χ0v) is 15.1. The number of rotatable bonds is 3. The van der Waals surface area contributed by atoms with Gasteiger partial charge < -0.3 is 15.7 Å². The first-order chi connectivity index (χ1) is 10.5. The van der Waals surface area contributed by atoms with Crippen LogP contribution >= 0.6 is 34.2 Å². The number of anilines is 2. The third-order valence-electron chi connectivity index (χ3n) is 4.00. The van der Waals surface area contributed by atoms with Gasteiger partial charge >= 0.3 is 0 Å². The van der Waals surface area contributed by atoms with Gasteiger partial charge in [-0.2, -0.15) is 0 Å². The average molecular weight is 429 g/mol. The van der Waals surface area contributed by atoms with E-state index in [0.29, 0.717) is 5.02 Å². The third kappa shape index (κ3) is 3.40. The Morgan fingerprint density at radius 3 is 2.68 bits per heavy atom. The molecule has 1 fully saturated rings. The number of hydrogen-bond donors (Lipinski definition) is 3. The summed E-state index contributed by atoms with van der Waals surface area (Å²) in [5.74, 6) is 0. The van der Waals surface area contributed by atoms with Crippen molar-refractivity contribution in [2.45, 2.75) is 25.5 Å². The van der Waals surface area contributed by atoms with Gasteiger partial charge in [-0.25, -0.2) is 0 Å². The summed E-state index contributed by atoms with van der Waals surface area (Å²) in [6.07, 6.45) is 0.385. The number of nitrogens with one attached hydrogen (secondary N) is 2. The van der Waals surface area contributed by atoms with Crippen LogP contribution in [0, 0.1) is 10.5 Å². The molecule has 22 heavy (non-hydrogen) atoms. The molecule has 1 saturated heterocycles. The molecule has 1 aliphatic heterocycles. The molecule has 0 amide bonds. The van der Waals surface area contributed by atoms with E-state index in [2.05, 4.69) is 58.3 Å². The zero-order chi connectivity index (χ0) is 15.7. The van der Waals surface area contributed by atoms with Crippen molar-refractivity contribution in [1.29, 1.82) is 0 Å². The van der Waals surface area contributed by atoms with Crippen molar-refractivity contribution >= 4 is 45.6 Å². The molecule has 2 aromatic rings. The van der Waals surface area contributed by atoms with Crippen LogP contribution in [-0.2, 0) is 0 Å². The van der Waals surface area contributed by atoms with Gasteiger partial charge in [0.25, 0.3) is 0 Å². The lowest BCUT2D eigenvalue weighted by molar-refractivity contribution is 0.160. The number of halogens is 2. The van der Waals surface area contributed by atoms with Crippen LogP contribution in [0.3, 0.4) is 0 Å². The van der Waals surface area contributed by atoms with E-state index in [-0.39, 0.29) is 12.1 Å². The summed E-state index contributed by atoms with van der Waals surface area (Å²) in [6, 6.07) is 12.0. The lowest BCUT2D eigenvalue weighted by Gasteiger charge is -2.21. The van der Waals surface area contributed by atoms with E-state index in [1.165, 1.54) is 9.13 Å². The van der Waals surface area contributed by atoms with Gasteiger partial charge in [-0.15, -0.1) is 0 Å². The van der Waals surface area contributed by atoms with Gasteiger partial charge in [-0.05, 0) is 90.0 Å². The van der Waals surface area contributed by atoms with Gasteiger partial charge in [0.2, 0.25) is 0 Å². The van der Waals surface area contributed by atoms with E-state index >= 15 is 0 Å². The fourth-order valence-corrected chi connectivity index (χ4v) is 3.65. The average Bonchev–Trinajstić information content (AvgIpc) is 2.89. The molecular formula is C17H18ClIN2O. The van der Waals surface area contributed by atoms with Crippen molar-refractivity contribution in [3.8, 4) is 0 Å². The molecular weight excluding hydrogens is 411 g/mol. The lowest BCUT2D eigenvalue weighted by Crippen LogP contribution is -2.22. The van der Waals surface area contributed by atoms with Crippen molar-refractivity contribution in [2.75, 3.05) is 11.9 Å². The first-order valence-electron chi connectivity index (χ1n) is 7.28. The van der Waals surface area contributed by atoms with Crippen molar-refractivity contribution in [3.05, 3.63) is 56.1 Å². The number of benzene rings is 2. The van der Waals surface area contributed by atoms with Crippen LogP contribution in [0.2, 0.25) is 5.02 Å². The van der Waals surface area contributed by atoms with Gasteiger partial charge in [0.15, 0.2) is 0 Å². The summed E-state index contributed by atoms with van der Waals surface area (Å²) in [5.41, 5.74) is 4.24. The highest BCUT2D eigenvalue weighted by atomic mass is 127. The molecule has 0 aromatic heterocycles. The minimum absolute atomic E-state index is 0.0784. The predicted octanol–water partition coefficient (Wildman–Crippen LogP) is 4.39. The molecule has 3 rings (SSSR count). The maximum absolute atomic E-state index is 10.2. The summed E-state index contributed by atoms with van der Waals surface area (Å²) < 4.78 is 1.21. The Bertz CT molecular complexity index is 692. The van der Waals surface area contributed by atoms with Gasteiger partial charge in [0, 0.05) is 20.0 Å². The maximum atomic E-state index is 10.2. The second kappa shape index (κ2) is 6.74. The monoisotopic (exact) mass is 428 g/mol. The number of hydrogen-bond acceptors (Lipinski definition) is 3. The SMILES string of the molecule is Cc1cc(I)ccc1Nc1ccc(Cl)cc1C1NCCC1O. The Kier molecular flexibility index (Phi) is 4.92. The van der Waals surface area contributed by atoms with Crippen molar-refractivity contribution in [3.63, 3.8) is 0 Å². The second-order valence-electron chi connectivity index (χ2n) is 5.60. The fraction of sp³-hybridized carbons (Fsp3) is 0.294. The topological polar surface area (TPSA) is 44.3 Å². The molecule has 116 valence electrons. The molecule has 0 aliphatic carbocycles. The summed E-state index contributed by atoms with van der Waals surface area (Å²) in [4.78, 5) is 0. The Balaban J connectivity index is 1.96. The van der Waals surface area contributed by atoms with Crippen molar-refractivity contribution < 1.29 is 5.11 Å². The van der Waals surface area contributed by atoms with Gasteiger partial charge in [0.1, 0.15) is 0 Å². The molecule has 0 saturated carbocycles. The highest BCUT2D eigenvalue weighted by molar-refractivity contribution is 14.1. The molecule has 1 heterocycles. The lowest BCUT2D eigenvalue weighted by atomic mass is 10.0. The molecule has 2 aromatic carbocycles. The molecule has 1 aliphatic rings. The fourth-order valence-electron chi connectivity index (χ4n) is 2.82. The number of aliphatic hydroxyl groups excluding tert-OH is 1. The molecule has 3 N–H and O–H groups in total. The van der Waals surface area contributed by atoms with Crippen LogP contribution in [0.25, 0.3) is 0 Å². The number of aryl methyl sites for hydroxylation is 1. The Labute approximate surface area is 149 Å². The minimum Gasteiger partial charge on any atom is -0.391 e. The molecule has 0 bridgehead atoms. The van der Waals surface area contributed by atoms with Crippen LogP contribution in [0.1, 0.15) is 23.6 Å². The first kappa shape index (κ1) is 16.1. The summed E-state index contributed by atoms with van der Waals surface area (Å²) >= 11 is 8.47. The van der Waals surface area contributed by atoms with Crippen LogP contribution in [-0.4, -0.2) is 17.8 Å². The van der Waals surface area contributed by atoms with Crippen LogP contribution < -0.4 is 10.6 Å². The van der Waals surface area contributed by atoms with E-state index in [4.69, 9.17) is 11.6 Å².